The summed E-state index contributed by atoms with van der Waals surface area (Å²) >= 11 is 4.50. The zero-order chi connectivity index (χ0) is 26.3. The number of rotatable bonds is 11. The molecule has 0 aromatic heterocycles. The minimum Gasteiger partial charge on any atom is -0.507 e. The summed E-state index contributed by atoms with van der Waals surface area (Å²) in [4.78, 5) is 0. The monoisotopic (exact) mass is 530 g/mol. The SMILES string of the molecule is CCCC(CC)(Pc1ccc(F)cc1CS)c1cc(Cc2ccccc2)cc(Cc2ccccc2)c1O. The Balaban J connectivity index is 1.86. The molecule has 0 saturated heterocycles. The summed E-state index contributed by atoms with van der Waals surface area (Å²) in [6, 6.07) is 30.3. The number of phenolic OH excluding ortho intramolecular Hbond substituents is 1. The molecule has 192 valence electrons. The lowest BCUT2D eigenvalue weighted by Gasteiger charge is -2.36. The van der Waals surface area contributed by atoms with E-state index in [-0.39, 0.29) is 11.0 Å². The van der Waals surface area contributed by atoms with E-state index >= 15 is 0 Å². The van der Waals surface area contributed by atoms with Gasteiger partial charge in [-0.3, -0.25) is 0 Å². The Kier molecular flexibility index (Phi) is 9.46. The Morgan fingerprint density at radius 2 is 1.43 bits per heavy atom. The smallest absolute Gasteiger partial charge is 0.123 e. The summed E-state index contributed by atoms with van der Waals surface area (Å²) in [6.07, 6.45) is 4.31. The lowest BCUT2D eigenvalue weighted by molar-refractivity contribution is 0.437. The van der Waals surface area contributed by atoms with Crippen LogP contribution in [0.15, 0.2) is 91.0 Å². The fraction of sp³-hybridized carbons (Fsp3) is 0.273. The summed E-state index contributed by atoms with van der Waals surface area (Å²) < 4.78 is 14.0. The average molecular weight is 531 g/mol. The minimum absolute atomic E-state index is 0.229. The van der Waals surface area contributed by atoms with Gasteiger partial charge >= 0.3 is 0 Å². The molecule has 2 unspecified atom stereocenters. The highest BCUT2D eigenvalue weighted by Crippen LogP contribution is 2.52. The second kappa shape index (κ2) is 12.8. The fourth-order valence-corrected chi connectivity index (χ4v) is 7.52. The van der Waals surface area contributed by atoms with Crippen LogP contribution in [-0.2, 0) is 23.8 Å². The molecule has 1 nitrogen and oxygen atoms in total. The lowest BCUT2D eigenvalue weighted by Crippen LogP contribution is -2.24. The van der Waals surface area contributed by atoms with Crippen molar-refractivity contribution < 1.29 is 9.50 Å². The molecule has 1 N–H and O–H groups in total. The molecular weight excluding hydrogens is 494 g/mol. The van der Waals surface area contributed by atoms with Gasteiger partial charge in [0.25, 0.3) is 0 Å². The zero-order valence-corrected chi connectivity index (χ0v) is 23.6. The Morgan fingerprint density at radius 1 is 0.784 bits per heavy atom. The van der Waals surface area contributed by atoms with Crippen LogP contribution >= 0.6 is 21.2 Å². The number of halogens is 1. The van der Waals surface area contributed by atoms with Crippen LogP contribution < -0.4 is 5.30 Å². The van der Waals surface area contributed by atoms with Crippen molar-refractivity contribution in [2.24, 2.45) is 0 Å². The topological polar surface area (TPSA) is 20.2 Å². The molecule has 0 saturated carbocycles. The van der Waals surface area contributed by atoms with E-state index < -0.39 is 0 Å². The molecule has 4 heteroatoms. The van der Waals surface area contributed by atoms with Crippen LogP contribution in [-0.4, -0.2) is 5.11 Å². The van der Waals surface area contributed by atoms with Crippen molar-refractivity contribution in [1.82, 2.24) is 0 Å². The number of phenols is 1. The van der Waals surface area contributed by atoms with Crippen LogP contribution in [0.4, 0.5) is 4.39 Å². The standard InChI is InChI=1S/C33H36FOPS/c1-3-17-33(4-2,36-31-16-15-29(34)22-28(31)23-37)30-21-26(18-24-11-7-5-8-12-24)20-27(32(30)35)19-25-13-9-6-10-14-25/h5-16,20-22,35-37H,3-4,17-19,23H2,1-2H3. The first-order valence-corrected chi connectivity index (χ1v) is 14.7. The van der Waals surface area contributed by atoms with Gasteiger partial charge in [0, 0.05) is 22.9 Å². The van der Waals surface area contributed by atoms with Crippen LogP contribution in [0.3, 0.4) is 0 Å². The summed E-state index contributed by atoms with van der Waals surface area (Å²) in [5.74, 6) is 0.664. The Labute approximate surface area is 228 Å². The lowest BCUT2D eigenvalue weighted by atomic mass is 9.85. The molecule has 0 radical (unpaired) electrons. The van der Waals surface area contributed by atoms with Crippen molar-refractivity contribution in [2.75, 3.05) is 0 Å². The number of thiol groups is 1. The van der Waals surface area contributed by atoms with E-state index in [4.69, 9.17) is 0 Å². The van der Waals surface area contributed by atoms with Gasteiger partial charge in [0.2, 0.25) is 0 Å². The molecule has 0 fully saturated rings. The van der Waals surface area contributed by atoms with Gasteiger partial charge in [-0.05, 0) is 64.5 Å². The first-order chi connectivity index (χ1) is 18.0. The molecule has 0 amide bonds. The van der Waals surface area contributed by atoms with E-state index in [9.17, 15) is 9.50 Å². The van der Waals surface area contributed by atoms with E-state index in [1.807, 2.05) is 30.3 Å². The predicted octanol–water partition coefficient (Wildman–Crippen LogP) is 8.55. The molecule has 0 aliphatic carbocycles. The molecule has 0 bridgehead atoms. The minimum atomic E-state index is -0.244. The molecule has 37 heavy (non-hydrogen) atoms. The maximum atomic E-state index is 14.0. The average Bonchev–Trinajstić information content (AvgIpc) is 2.92. The van der Waals surface area contributed by atoms with E-state index in [1.54, 1.807) is 12.1 Å². The zero-order valence-electron chi connectivity index (χ0n) is 21.7. The van der Waals surface area contributed by atoms with Gasteiger partial charge in [-0.2, -0.15) is 12.6 Å². The third-order valence-corrected chi connectivity index (χ3v) is 9.59. The quantitative estimate of drug-likeness (QED) is 0.147. The van der Waals surface area contributed by atoms with Gasteiger partial charge in [-0.1, -0.05) is 108 Å². The second-order valence-electron chi connectivity index (χ2n) is 9.75. The van der Waals surface area contributed by atoms with E-state index in [1.165, 1.54) is 16.7 Å². The fourth-order valence-electron chi connectivity index (χ4n) is 5.23. The largest absolute Gasteiger partial charge is 0.507 e. The van der Waals surface area contributed by atoms with Crippen LogP contribution in [0.5, 0.6) is 5.75 Å². The van der Waals surface area contributed by atoms with E-state index in [2.05, 4.69) is 75.0 Å². The molecule has 4 aromatic rings. The van der Waals surface area contributed by atoms with Crippen LogP contribution in [0, 0.1) is 5.82 Å². The Hall–Kier alpha value is -2.61. The Bertz CT molecular complexity index is 1310. The number of benzene rings is 4. The van der Waals surface area contributed by atoms with Gasteiger partial charge in [0.05, 0.1) is 0 Å². The molecule has 0 spiro atoms. The van der Waals surface area contributed by atoms with Gasteiger partial charge in [-0.25, -0.2) is 4.39 Å². The highest BCUT2D eigenvalue weighted by molar-refractivity contribution is 7.79. The third kappa shape index (κ3) is 6.64. The Morgan fingerprint density at radius 3 is 2.03 bits per heavy atom. The second-order valence-corrected chi connectivity index (χ2v) is 11.8. The summed E-state index contributed by atoms with van der Waals surface area (Å²) in [7, 11) is 0.402. The maximum Gasteiger partial charge on any atom is 0.123 e. The molecule has 0 heterocycles. The molecule has 2 atom stereocenters. The highest BCUT2D eigenvalue weighted by Gasteiger charge is 2.34. The van der Waals surface area contributed by atoms with Crippen molar-refractivity contribution in [1.29, 1.82) is 0 Å². The van der Waals surface area contributed by atoms with Crippen molar-refractivity contribution in [3.8, 4) is 5.75 Å². The van der Waals surface area contributed by atoms with Gasteiger partial charge < -0.3 is 5.11 Å². The molecule has 0 aliphatic rings. The molecule has 0 aliphatic heterocycles. The molecule has 4 aromatic carbocycles. The van der Waals surface area contributed by atoms with Crippen LogP contribution in [0.25, 0.3) is 0 Å². The first-order valence-electron chi connectivity index (χ1n) is 13.1. The first kappa shape index (κ1) is 27.4. The van der Waals surface area contributed by atoms with Gasteiger partial charge in [0.15, 0.2) is 0 Å². The third-order valence-electron chi connectivity index (χ3n) is 7.14. The number of hydrogen-bond donors (Lipinski definition) is 2. The number of hydrogen-bond acceptors (Lipinski definition) is 2. The van der Waals surface area contributed by atoms with Crippen molar-refractivity contribution >= 4 is 26.5 Å². The predicted molar refractivity (Wildman–Crippen MR) is 161 cm³/mol. The maximum absolute atomic E-state index is 14.0. The normalized spacial score (nSPS) is 13.2. The van der Waals surface area contributed by atoms with E-state index in [0.29, 0.717) is 26.5 Å². The molecule has 4 rings (SSSR count). The van der Waals surface area contributed by atoms with Gasteiger partial charge in [0.1, 0.15) is 11.6 Å². The summed E-state index contributed by atoms with van der Waals surface area (Å²) in [6.45, 7) is 4.42. The molecular formula is C33H36FOPS. The van der Waals surface area contributed by atoms with Crippen LogP contribution in [0.1, 0.15) is 66.5 Å². The van der Waals surface area contributed by atoms with E-state index in [0.717, 1.165) is 47.7 Å². The van der Waals surface area contributed by atoms with Crippen molar-refractivity contribution in [3.63, 3.8) is 0 Å². The van der Waals surface area contributed by atoms with Crippen molar-refractivity contribution in [3.05, 3.63) is 130 Å². The van der Waals surface area contributed by atoms with Gasteiger partial charge in [-0.15, -0.1) is 0 Å². The summed E-state index contributed by atoms with van der Waals surface area (Å²) in [5.41, 5.74) is 6.54. The van der Waals surface area contributed by atoms with Crippen LogP contribution in [0.2, 0.25) is 0 Å². The van der Waals surface area contributed by atoms with Crippen molar-refractivity contribution in [2.45, 2.75) is 56.9 Å². The summed E-state index contributed by atoms with van der Waals surface area (Å²) in [5, 5.41) is 12.7. The highest BCUT2D eigenvalue weighted by atomic mass is 32.1. The number of aromatic hydroxyl groups is 1.